The summed E-state index contributed by atoms with van der Waals surface area (Å²) in [6, 6.07) is 5.45. The van der Waals surface area contributed by atoms with Crippen molar-refractivity contribution in [1.82, 2.24) is 14.7 Å². The lowest BCUT2D eigenvalue weighted by atomic mass is 10.1. The predicted molar refractivity (Wildman–Crippen MR) is 79.1 cm³/mol. The van der Waals surface area contributed by atoms with E-state index in [1.54, 1.807) is 0 Å². The molecule has 2 aromatic heterocycles. The van der Waals surface area contributed by atoms with Crippen molar-refractivity contribution in [3.63, 3.8) is 0 Å². The van der Waals surface area contributed by atoms with Crippen molar-refractivity contribution >= 4 is 0 Å². The number of hydrogen-bond donors (Lipinski definition) is 0. The highest BCUT2D eigenvalue weighted by Crippen LogP contribution is 2.29. The third kappa shape index (κ3) is 3.95. The van der Waals surface area contributed by atoms with Gasteiger partial charge in [0.15, 0.2) is 0 Å². The molecular weight excluding hydrogens is 361 g/mol. The number of hydrogen-bond acceptors (Lipinski definition) is 4. The minimum Gasteiger partial charge on any atom is -0.329 e. The van der Waals surface area contributed by atoms with Gasteiger partial charge >= 0.3 is 12.1 Å². The van der Waals surface area contributed by atoms with Crippen LogP contribution in [0.5, 0.6) is 0 Å². The summed E-state index contributed by atoms with van der Waals surface area (Å²) in [5.41, 5.74) is -0.105. The molecule has 0 aliphatic heterocycles. The van der Waals surface area contributed by atoms with Crippen LogP contribution < -0.4 is 5.56 Å². The van der Waals surface area contributed by atoms with Crippen LogP contribution in [0.4, 0.5) is 22.0 Å². The summed E-state index contributed by atoms with van der Waals surface area (Å²) in [6.45, 7) is 0.127. The van der Waals surface area contributed by atoms with Gasteiger partial charge in [0.1, 0.15) is 11.6 Å². The number of aromatic nitrogens is 3. The molecule has 10 heteroatoms. The Balaban J connectivity index is 1.77. The quantitative estimate of drug-likeness (QED) is 0.660. The summed E-state index contributed by atoms with van der Waals surface area (Å²) in [7, 11) is 0. The van der Waals surface area contributed by atoms with Crippen LogP contribution in [0.1, 0.15) is 11.5 Å². The van der Waals surface area contributed by atoms with Gasteiger partial charge in [0, 0.05) is 30.4 Å². The highest BCUT2D eigenvalue weighted by molar-refractivity contribution is 5.52. The summed E-state index contributed by atoms with van der Waals surface area (Å²) < 4.78 is 69.0. The number of aryl methyl sites for hydroxylation is 2. The smallest absolute Gasteiger partial charge is 0.329 e. The zero-order valence-electron chi connectivity index (χ0n) is 12.9. The van der Waals surface area contributed by atoms with E-state index in [4.69, 9.17) is 0 Å². The Morgan fingerprint density at radius 1 is 1.08 bits per heavy atom. The summed E-state index contributed by atoms with van der Waals surface area (Å²) in [5, 5.41) is 3.20. The van der Waals surface area contributed by atoms with Crippen molar-refractivity contribution in [2.75, 3.05) is 0 Å². The predicted octanol–water partition coefficient (Wildman–Crippen LogP) is 3.44. The van der Waals surface area contributed by atoms with E-state index in [9.17, 15) is 26.7 Å². The highest BCUT2D eigenvalue weighted by Gasteiger charge is 2.38. The van der Waals surface area contributed by atoms with E-state index < -0.39 is 29.3 Å². The molecule has 136 valence electrons. The number of halogens is 5. The van der Waals surface area contributed by atoms with Gasteiger partial charge in [-0.1, -0.05) is 5.16 Å². The Morgan fingerprint density at radius 2 is 1.77 bits per heavy atom. The zero-order valence-corrected chi connectivity index (χ0v) is 12.9. The van der Waals surface area contributed by atoms with Gasteiger partial charge in [0.25, 0.3) is 5.56 Å². The maximum atomic E-state index is 13.1. The Labute approximate surface area is 142 Å². The van der Waals surface area contributed by atoms with E-state index in [0.717, 1.165) is 24.3 Å². The van der Waals surface area contributed by atoms with E-state index in [1.807, 2.05) is 0 Å². The van der Waals surface area contributed by atoms with Gasteiger partial charge < -0.3 is 9.09 Å². The normalized spacial score (nSPS) is 11.7. The van der Waals surface area contributed by atoms with Gasteiger partial charge in [-0.2, -0.15) is 18.2 Å². The van der Waals surface area contributed by atoms with Gasteiger partial charge in [0.05, 0.1) is 0 Å². The van der Waals surface area contributed by atoms with E-state index in [0.29, 0.717) is 5.56 Å². The molecule has 0 radical (unpaired) electrons. The molecular formula is C16H10F5N3O2. The van der Waals surface area contributed by atoms with Gasteiger partial charge in [0.2, 0.25) is 5.82 Å². The lowest BCUT2D eigenvalue weighted by Gasteiger charge is -2.06. The van der Waals surface area contributed by atoms with Crippen LogP contribution in [0.25, 0.3) is 11.4 Å². The zero-order chi connectivity index (χ0) is 18.9. The van der Waals surface area contributed by atoms with Gasteiger partial charge in [-0.15, -0.1) is 0 Å². The van der Waals surface area contributed by atoms with Crippen molar-refractivity contribution in [1.29, 1.82) is 0 Å². The van der Waals surface area contributed by atoms with E-state index >= 15 is 0 Å². The number of alkyl halides is 3. The highest BCUT2D eigenvalue weighted by atomic mass is 19.4. The molecule has 0 amide bonds. The lowest BCUT2D eigenvalue weighted by Crippen LogP contribution is -2.19. The fourth-order valence-corrected chi connectivity index (χ4v) is 2.29. The molecule has 0 unspecified atom stereocenters. The summed E-state index contributed by atoms with van der Waals surface area (Å²) in [4.78, 5) is 15.3. The van der Waals surface area contributed by atoms with Crippen LogP contribution in [0.2, 0.25) is 0 Å². The molecule has 0 bridgehead atoms. The van der Waals surface area contributed by atoms with Crippen molar-refractivity contribution < 1.29 is 26.5 Å². The van der Waals surface area contributed by atoms with Gasteiger partial charge in [-0.3, -0.25) is 4.79 Å². The summed E-state index contributed by atoms with van der Waals surface area (Å²) in [5.74, 6) is -3.32. The molecule has 5 nitrogen and oxygen atoms in total. The average Bonchev–Trinajstić information content (AvgIpc) is 3.03. The largest absolute Gasteiger partial charge is 0.471 e. The SMILES string of the molecule is O=c1cc(-c2noc(C(F)(F)F)n2)ccn1CCc1cc(F)cc(F)c1. The standard InChI is InChI=1S/C16H10F5N3O2/c17-11-5-9(6-12(18)8-11)1-3-24-4-2-10(7-13(24)25)14-22-15(26-23-14)16(19,20)21/h2,4-8H,1,3H2. The fourth-order valence-electron chi connectivity index (χ4n) is 2.29. The molecule has 0 fully saturated rings. The maximum Gasteiger partial charge on any atom is 0.471 e. The molecule has 2 heterocycles. The summed E-state index contributed by atoms with van der Waals surface area (Å²) >= 11 is 0. The number of rotatable bonds is 4. The third-order valence-electron chi connectivity index (χ3n) is 3.49. The monoisotopic (exact) mass is 371 g/mol. The first-order valence-electron chi connectivity index (χ1n) is 7.29. The summed E-state index contributed by atoms with van der Waals surface area (Å²) in [6.07, 6.45) is -3.26. The number of nitrogens with zero attached hydrogens (tertiary/aromatic N) is 3. The molecule has 0 saturated heterocycles. The van der Waals surface area contributed by atoms with Crippen molar-refractivity contribution in [3.8, 4) is 11.4 Å². The molecule has 26 heavy (non-hydrogen) atoms. The topological polar surface area (TPSA) is 60.9 Å². The minimum absolute atomic E-state index is 0.0577. The first-order chi connectivity index (χ1) is 12.2. The fraction of sp³-hybridized carbons (Fsp3) is 0.188. The average molecular weight is 371 g/mol. The Hall–Kier alpha value is -3.04. The van der Waals surface area contributed by atoms with Crippen LogP contribution in [-0.2, 0) is 19.1 Å². The first kappa shape index (κ1) is 17.8. The van der Waals surface area contributed by atoms with E-state index in [-0.39, 0.29) is 24.4 Å². The number of benzene rings is 1. The molecule has 3 aromatic rings. The van der Waals surface area contributed by atoms with Crippen LogP contribution in [-0.4, -0.2) is 14.7 Å². The van der Waals surface area contributed by atoms with Crippen molar-refractivity contribution in [2.24, 2.45) is 0 Å². The molecule has 3 rings (SSSR count). The van der Waals surface area contributed by atoms with E-state index in [1.165, 1.54) is 16.8 Å². The van der Waals surface area contributed by atoms with Crippen LogP contribution in [0.15, 0.2) is 45.8 Å². The molecule has 0 saturated carbocycles. The Bertz CT molecular complexity index is 974. The molecule has 0 atom stereocenters. The first-order valence-corrected chi connectivity index (χ1v) is 7.29. The maximum absolute atomic E-state index is 13.1. The van der Waals surface area contributed by atoms with Gasteiger partial charge in [-0.25, -0.2) is 8.78 Å². The minimum atomic E-state index is -4.78. The van der Waals surface area contributed by atoms with Gasteiger partial charge in [-0.05, 0) is 30.2 Å². The van der Waals surface area contributed by atoms with E-state index in [2.05, 4.69) is 14.7 Å². The lowest BCUT2D eigenvalue weighted by molar-refractivity contribution is -0.159. The second-order valence-electron chi connectivity index (χ2n) is 5.40. The van der Waals surface area contributed by atoms with Crippen LogP contribution >= 0.6 is 0 Å². The third-order valence-corrected chi connectivity index (χ3v) is 3.49. The molecule has 0 N–H and O–H groups in total. The van der Waals surface area contributed by atoms with Crippen molar-refractivity contribution in [2.45, 2.75) is 19.1 Å². The van der Waals surface area contributed by atoms with Crippen LogP contribution in [0.3, 0.4) is 0 Å². The Kier molecular flexibility index (Phi) is 4.58. The second kappa shape index (κ2) is 6.70. The Morgan fingerprint density at radius 3 is 2.35 bits per heavy atom. The number of pyridine rings is 1. The van der Waals surface area contributed by atoms with Crippen molar-refractivity contribution in [3.05, 3.63) is 70.0 Å². The molecule has 0 spiro atoms. The molecule has 0 aliphatic rings. The molecule has 0 aliphatic carbocycles. The second-order valence-corrected chi connectivity index (χ2v) is 5.40. The van der Waals surface area contributed by atoms with Crippen LogP contribution in [0, 0.1) is 11.6 Å². The molecule has 1 aromatic carbocycles.